The highest BCUT2D eigenvalue weighted by Gasteiger charge is 2.38. The van der Waals surface area contributed by atoms with Gasteiger partial charge in [0, 0.05) is 16.5 Å². The maximum Gasteiger partial charge on any atom is 0.471 e. The summed E-state index contributed by atoms with van der Waals surface area (Å²) in [4.78, 5) is 19.6. The van der Waals surface area contributed by atoms with Gasteiger partial charge >= 0.3 is 12.1 Å². The van der Waals surface area contributed by atoms with Crippen LogP contribution in [0.5, 0.6) is 0 Å². The molecule has 3 rings (SSSR count). The van der Waals surface area contributed by atoms with Crippen molar-refractivity contribution in [2.24, 2.45) is 0 Å². The molecule has 0 saturated heterocycles. The van der Waals surface area contributed by atoms with Crippen LogP contribution in [0.2, 0.25) is 0 Å². The summed E-state index contributed by atoms with van der Waals surface area (Å²) in [5.41, 5.74) is 1.02. The lowest BCUT2D eigenvalue weighted by Gasteiger charge is -1.99. The van der Waals surface area contributed by atoms with Gasteiger partial charge in [-0.1, -0.05) is 29.4 Å². The van der Waals surface area contributed by atoms with E-state index in [9.17, 15) is 18.0 Å². The van der Waals surface area contributed by atoms with Crippen LogP contribution < -0.4 is 0 Å². The smallest absolute Gasteiger partial charge is 0.329 e. The van der Waals surface area contributed by atoms with Crippen LogP contribution in [0.3, 0.4) is 0 Å². The van der Waals surface area contributed by atoms with E-state index in [4.69, 9.17) is 0 Å². The molecule has 23 heavy (non-hydrogen) atoms. The van der Waals surface area contributed by atoms with Gasteiger partial charge in [-0.05, 0) is 6.92 Å². The van der Waals surface area contributed by atoms with Crippen molar-refractivity contribution < 1.29 is 22.5 Å². The van der Waals surface area contributed by atoms with Gasteiger partial charge in [0.1, 0.15) is 5.69 Å². The number of hydrogen-bond acceptors (Lipinski definition) is 6. The van der Waals surface area contributed by atoms with E-state index in [1.54, 1.807) is 12.3 Å². The second kappa shape index (κ2) is 5.58. The molecule has 0 aliphatic carbocycles. The lowest BCUT2D eigenvalue weighted by atomic mass is 10.1. The van der Waals surface area contributed by atoms with Crippen LogP contribution in [0.4, 0.5) is 13.2 Å². The molecule has 0 saturated carbocycles. The molecule has 0 spiro atoms. The Kier molecular flexibility index (Phi) is 3.72. The predicted molar refractivity (Wildman–Crippen MR) is 75.0 cm³/mol. The van der Waals surface area contributed by atoms with Gasteiger partial charge in [-0.25, -0.2) is 4.98 Å². The topological polar surface area (TPSA) is 68.9 Å². The number of nitrogens with zero attached hydrogens (tertiary/aromatic N) is 3. The number of benzene rings is 1. The third-order valence-corrected chi connectivity index (χ3v) is 3.70. The minimum atomic E-state index is -4.69. The molecule has 9 heteroatoms. The molecule has 0 N–H and O–H groups in total. The summed E-state index contributed by atoms with van der Waals surface area (Å²) in [6.07, 6.45) is -4.69. The fourth-order valence-electron chi connectivity index (χ4n) is 1.84. The Morgan fingerprint density at radius 3 is 2.39 bits per heavy atom. The zero-order chi connectivity index (χ0) is 16.6. The normalized spacial score (nSPS) is 11.7. The number of thiazole rings is 1. The van der Waals surface area contributed by atoms with Crippen molar-refractivity contribution in [3.05, 3.63) is 51.8 Å². The third-order valence-electron chi connectivity index (χ3n) is 2.93. The van der Waals surface area contributed by atoms with E-state index in [0.29, 0.717) is 16.8 Å². The molecule has 118 valence electrons. The van der Waals surface area contributed by atoms with E-state index in [1.807, 2.05) is 0 Å². The van der Waals surface area contributed by atoms with Crippen LogP contribution in [-0.4, -0.2) is 20.9 Å². The van der Waals surface area contributed by atoms with Crippen LogP contribution in [0.15, 0.2) is 34.2 Å². The Bertz CT molecular complexity index is 853. The van der Waals surface area contributed by atoms with Gasteiger partial charge in [0.15, 0.2) is 0 Å². The van der Waals surface area contributed by atoms with Gasteiger partial charge in [-0.15, -0.1) is 11.3 Å². The fourth-order valence-corrected chi connectivity index (χ4v) is 2.44. The molecule has 3 aromatic rings. The monoisotopic (exact) mass is 339 g/mol. The summed E-state index contributed by atoms with van der Waals surface area (Å²) in [5, 5.41) is 5.71. The van der Waals surface area contributed by atoms with E-state index in [2.05, 4.69) is 19.6 Å². The van der Waals surface area contributed by atoms with Crippen molar-refractivity contribution in [1.82, 2.24) is 15.1 Å². The van der Waals surface area contributed by atoms with Gasteiger partial charge in [-0.2, -0.15) is 18.2 Å². The molecule has 2 heterocycles. The number of ketones is 1. The SMILES string of the molecule is Cc1nc(C(=O)c2ccc(-c3noc(C(F)(F)F)n3)cc2)cs1. The van der Waals surface area contributed by atoms with E-state index in [1.165, 1.54) is 35.6 Å². The first-order valence-corrected chi connectivity index (χ1v) is 7.21. The van der Waals surface area contributed by atoms with Crippen molar-refractivity contribution in [1.29, 1.82) is 0 Å². The molecular weight excluding hydrogens is 331 g/mol. The molecule has 0 bridgehead atoms. The molecule has 5 nitrogen and oxygen atoms in total. The van der Waals surface area contributed by atoms with E-state index < -0.39 is 12.1 Å². The summed E-state index contributed by atoms with van der Waals surface area (Å²) in [7, 11) is 0. The third kappa shape index (κ3) is 3.14. The van der Waals surface area contributed by atoms with Crippen LogP contribution in [0.1, 0.15) is 27.0 Å². The largest absolute Gasteiger partial charge is 0.471 e. The number of halogens is 3. The van der Waals surface area contributed by atoms with E-state index >= 15 is 0 Å². The Balaban J connectivity index is 1.85. The number of rotatable bonds is 3. The Morgan fingerprint density at radius 1 is 1.17 bits per heavy atom. The summed E-state index contributed by atoms with van der Waals surface area (Å²) >= 11 is 1.36. The molecule has 0 radical (unpaired) electrons. The summed E-state index contributed by atoms with van der Waals surface area (Å²) in [5.74, 6) is -1.86. The van der Waals surface area contributed by atoms with Crippen molar-refractivity contribution in [3.8, 4) is 11.4 Å². The highest BCUT2D eigenvalue weighted by atomic mass is 32.1. The predicted octanol–water partition coefficient (Wildman–Crippen LogP) is 3.75. The Labute approximate surface area is 131 Å². The van der Waals surface area contributed by atoms with Crippen molar-refractivity contribution in [2.45, 2.75) is 13.1 Å². The standard InChI is InChI=1S/C14H8F3N3O2S/c1-7-18-10(6-23-7)11(21)8-2-4-9(5-3-8)12-19-13(22-20-12)14(15,16)17/h2-6H,1H3. The molecule has 0 atom stereocenters. The number of aromatic nitrogens is 3. The van der Waals surface area contributed by atoms with Gasteiger partial charge in [0.05, 0.1) is 5.01 Å². The van der Waals surface area contributed by atoms with Gasteiger partial charge in [-0.3, -0.25) is 4.79 Å². The summed E-state index contributed by atoms with van der Waals surface area (Å²) < 4.78 is 41.5. The first kappa shape index (κ1) is 15.3. The number of alkyl halides is 3. The number of hydrogen-bond donors (Lipinski definition) is 0. The molecule has 0 unspecified atom stereocenters. The highest BCUT2D eigenvalue weighted by Crippen LogP contribution is 2.29. The van der Waals surface area contributed by atoms with Gasteiger partial charge in [0.25, 0.3) is 0 Å². The highest BCUT2D eigenvalue weighted by molar-refractivity contribution is 7.09. The minimum absolute atomic E-state index is 0.194. The molecule has 0 aliphatic rings. The Hall–Kier alpha value is -2.55. The molecule has 0 fully saturated rings. The lowest BCUT2D eigenvalue weighted by Crippen LogP contribution is -2.04. The van der Waals surface area contributed by atoms with Crippen LogP contribution in [-0.2, 0) is 6.18 Å². The maximum atomic E-state index is 12.4. The van der Waals surface area contributed by atoms with Crippen LogP contribution in [0, 0.1) is 6.92 Å². The first-order valence-electron chi connectivity index (χ1n) is 6.33. The maximum absolute atomic E-state index is 12.4. The Morgan fingerprint density at radius 2 is 1.87 bits per heavy atom. The van der Waals surface area contributed by atoms with Gasteiger partial charge in [0.2, 0.25) is 11.6 Å². The van der Waals surface area contributed by atoms with Crippen LogP contribution >= 0.6 is 11.3 Å². The van der Waals surface area contributed by atoms with Crippen molar-refractivity contribution in [3.63, 3.8) is 0 Å². The minimum Gasteiger partial charge on any atom is -0.329 e. The molecule has 1 aromatic carbocycles. The van der Waals surface area contributed by atoms with E-state index in [-0.39, 0.29) is 11.6 Å². The number of aryl methyl sites for hydroxylation is 1. The number of carbonyl (C=O) groups excluding carboxylic acids is 1. The van der Waals surface area contributed by atoms with Crippen molar-refractivity contribution in [2.75, 3.05) is 0 Å². The summed E-state index contributed by atoms with van der Waals surface area (Å²) in [6, 6.07) is 5.88. The van der Waals surface area contributed by atoms with E-state index in [0.717, 1.165) is 5.01 Å². The number of carbonyl (C=O) groups is 1. The lowest BCUT2D eigenvalue weighted by molar-refractivity contribution is -0.159. The molecular formula is C14H8F3N3O2S. The van der Waals surface area contributed by atoms with Crippen molar-refractivity contribution >= 4 is 17.1 Å². The average Bonchev–Trinajstić information content (AvgIpc) is 3.15. The summed E-state index contributed by atoms with van der Waals surface area (Å²) in [6.45, 7) is 1.79. The molecule has 0 aliphatic heterocycles. The quantitative estimate of drug-likeness (QED) is 0.680. The van der Waals surface area contributed by atoms with Crippen LogP contribution in [0.25, 0.3) is 11.4 Å². The molecule has 0 amide bonds. The second-order valence-electron chi connectivity index (χ2n) is 4.58. The fraction of sp³-hybridized carbons (Fsp3) is 0.143. The first-order chi connectivity index (χ1) is 10.8. The van der Waals surface area contributed by atoms with Gasteiger partial charge < -0.3 is 4.52 Å². The molecule has 2 aromatic heterocycles. The second-order valence-corrected chi connectivity index (χ2v) is 5.64. The zero-order valence-electron chi connectivity index (χ0n) is 11.6. The zero-order valence-corrected chi connectivity index (χ0v) is 12.4. The average molecular weight is 339 g/mol.